The van der Waals surface area contributed by atoms with Gasteiger partial charge >= 0.3 is 0 Å². The van der Waals surface area contributed by atoms with Gasteiger partial charge in [-0.15, -0.1) is 0 Å². The van der Waals surface area contributed by atoms with Crippen LogP contribution in [0.3, 0.4) is 0 Å². The Bertz CT molecular complexity index is 232. The quantitative estimate of drug-likeness (QED) is 0.635. The Kier molecular flexibility index (Phi) is 1.59. The number of benzene rings is 1. The predicted octanol–water partition coefficient (Wildman–Crippen LogP) is 3.97. The van der Waals surface area contributed by atoms with Crippen molar-refractivity contribution in [1.82, 2.24) is 0 Å². The summed E-state index contributed by atoms with van der Waals surface area (Å²) in [5.41, 5.74) is 0. The van der Waals surface area contributed by atoms with Crippen molar-refractivity contribution in [3.05, 3.63) is 31.5 Å². The smallest absolute Gasteiger partial charge is 0.0599 e. The molecule has 0 aliphatic heterocycles. The van der Waals surface area contributed by atoms with Gasteiger partial charge in [0, 0.05) is 13.4 Å². The van der Waals surface area contributed by atoms with Gasteiger partial charge in [-0.3, -0.25) is 0 Å². The molecule has 3 heteroatoms. The molecule has 0 aliphatic rings. The highest BCUT2D eigenvalue weighted by molar-refractivity contribution is 9.14. The summed E-state index contributed by atoms with van der Waals surface area (Å²) in [7, 11) is 0. The Morgan fingerprint density at radius 2 is 1.56 bits per heavy atom. The molecule has 0 fully saturated rings. The number of hydrogen-bond acceptors (Lipinski definition) is 0. The molecule has 0 aromatic heterocycles. The third-order valence-corrected chi connectivity index (χ3v) is 3.78. The molecule has 1 aromatic carbocycles. The van der Waals surface area contributed by atoms with Gasteiger partial charge in [-0.2, -0.15) is 0 Å². The first-order chi connectivity index (χ1) is 5.46. The summed E-state index contributed by atoms with van der Waals surface area (Å²) >= 11 is 9.49. The van der Waals surface area contributed by atoms with Crippen molar-refractivity contribution in [1.29, 1.82) is 0 Å². The minimum absolute atomic E-state index is 0.0232. The van der Waals surface area contributed by atoms with Gasteiger partial charge in [0.2, 0.25) is 0 Å². The zero-order valence-corrected chi connectivity index (χ0v) is 8.89. The Balaban J connectivity index is 3.60. The molecule has 48 valence electrons. The summed E-state index contributed by atoms with van der Waals surface area (Å²) in [4.78, 5) is 0. The van der Waals surface area contributed by atoms with Crippen LogP contribution in [0, 0.1) is 0 Å². The van der Waals surface area contributed by atoms with E-state index in [1.165, 1.54) is 0 Å². The lowest BCUT2D eigenvalue weighted by Crippen LogP contribution is -1.69. The van der Waals surface area contributed by atoms with Crippen LogP contribution in [0.5, 0.6) is 0 Å². The van der Waals surface area contributed by atoms with E-state index in [1.54, 1.807) is 0 Å². The molecule has 0 spiro atoms. The zero-order valence-electron chi connectivity index (χ0n) is 7.13. The maximum atomic E-state index is 7.42. The molecule has 0 unspecified atom stereocenters. The van der Waals surface area contributed by atoms with Gasteiger partial charge in [0.25, 0.3) is 0 Å². The van der Waals surface area contributed by atoms with Gasteiger partial charge < -0.3 is 0 Å². The van der Waals surface area contributed by atoms with Crippen LogP contribution >= 0.6 is 47.8 Å². The SMILES string of the molecule is [2H]c1c([2H])c(Br)c(Br)c(Br)c1[2H]. The first-order valence-electron chi connectivity index (χ1n) is 3.57. The molecule has 0 amide bonds. The minimum Gasteiger partial charge on any atom is -0.0599 e. The lowest BCUT2D eigenvalue weighted by Gasteiger charge is -1.95. The van der Waals surface area contributed by atoms with Gasteiger partial charge in [0.05, 0.1) is 4.11 Å². The standard InChI is InChI=1S/C6H3Br3/c7-4-2-1-3-5(8)6(4)9/h1-3H/i1D,2D,3D. The fourth-order valence-corrected chi connectivity index (χ4v) is 1.41. The van der Waals surface area contributed by atoms with Crippen LogP contribution in [0.1, 0.15) is 4.11 Å². The Hall–Kier alpha value is 0.660. The van der Waals surface area contributed by atoms with Crippen LogP contribution in [0.25, 0.3) is 0 Å². The topological polar surface area (TPSA) is 0 Å². The van der Waals surface area contributed by atoms with Crippen LogP contribution in [-0.4, -0.2) is 0 Å². The van der Waals surface area contributed by atoms with Crippen molar-refractivity contribution in [3.8, 4) is 0 Å². The molecule has 0 saturated carbocycles. The lowest BCUT2D eigenvalue weighted by molar-refractivity contribution is 1.54. The molecule has 0 bridgehead atoms. The third-order valence-electron chi connectivity index (χ3n) is 0.730. The van der Waals surface area contributed by atoms with E-state index in [0.29, 0.717) is 13.4 Å². The predicted molar refractivity (Wildman–Crippen MR) is 49.5 cm³/mol. The second-order valence-electron chi connectivity index (χ2n) is 1.32. The summed E-state index contributed by atoms with van der Waals surface area (Å²) < 4.78 is 23.8. The summed E-state index contributed by atoms with van der Waals surface area (Å²) in [5, 5.41) is 0. The van der Waals surface area contributed by atoms with E-state index in [0.717, 1.165) is 0 Å². The van der Waals surface area contributed by atoms with E-state index in [-0.39, 0.29) is 18.1 Å². The molecule has 0 saturated heterocycles. The maximum Gasteiger partial charge on any atom is 0.0635 e. The fraction of sp³-hybridized carbons (Fsp3) is 0. The Morgan fingerprint density at radius 3 is 2.00 bits per heavy atom. The highest BCUT2D eigenvalue weighted by atomic mass is 79.9. The van der Waals surface area contributed by atoms with Gasteiger partial charge in [0.15, 0.2) is 0 Å². The third kappa shape index (κ3) is 1.79. The van der Waals surface area contributed by atoms with Gasteiger partial charge in [-0.05, 0) is 59.9 Å². The first kappa shape index (κ1) is 4.52. The Morgan fingerprint density at radius 1 is 1.11 bits per heavy atom. The molecule has 1 aromatic rings. The number of halogens is 3. The average molecular weight is 318 g/mol. The molecule has 0 radical (unpaired) electrons. The second kappa shape index (κ2) is 3.17. The van der Waals surface area contributed by atoms with Gasteiger partial charge in [-0.1, -0.05) is 6.04 Å². The van der Waals surface area contributed by atoms with Crippen molar-refractivity contribution < 1.29 is 4.11 Å². The molecule has 0 nitrogen and oxygen atoms in total. The average Bonchev–Trinajstić information content (AvgIpc) is 2.08. The maximum absolute atomic E-state index is 7.42. The fourth-order valence-electron chi connectivity index (χ4n) is 0.347. The van der Waals surface area contributed by atoms with Gasteiger partial charge in [0.1, 0.15) is 0 Å². The number of hydrogen-bond donors (Lipinski definition) is 0. The van der Waals surface area contributed by atoms with Crippen molar-refractivity contribution in [2.75, 3.05) is 0 Å². The molecule has 1 rings (SSSR count). The van der Waals surface area contributed by atoms with E-state index >= 15 is 0 Å². The highest BCUT2D eigenvalue weighted by Crippen LogP contribution is 2.29. The normalized spacial score (nSPS) is 14.3. The summed E-state index contributed by atoms with van der Waals surface area (Å²) in [5.74, 6) is 0. The van der Waals surface area contributed by atoms with E-state index in [2.05, 4.69) is 47.8 Å². The van der Waals surface area contributed by atoms with E-state index in [4.69, 9.17) is 4.11 Å². The minimum atomic E-state index is -0.0862. The largest absolute Gasteiger partial charge is 0.0635 e. The van der Waals surface area contributed by atoms with Crippen LogP contribution in [-0.2, 0) is 0 Å². The van der Waals surface area contributed by atoms with Crippen LogP contribution in [0.4, 0.5) is 0 Å². The molecule has 9 heavy (non-hydrogen) atoms. The summed E-state index contributed by atoms with van der Waals surface area (Å²) in [6.45, 7) is 0. The highest BCUT2D eigenvalue weighted by Gasteiger charge is 1.97. The van der Waals surface area contributed by atoms with Crippen molar-refractivity contribution >= 4 is 47.8 Å². The molecule has 0 aliphatic carbocycles. The molecular weight excluding hydrogens is 312 g/mol. The summed E-state index contributed by atoms with van der Waals surface area (Å²) in [6, 6.07) is -0.0397. The van der Waals surface area contributed by atoms with Crippen molar-refractivity contribution in [3.63, 3.8) is 0 Å². The van der Waals surface area contributed by atoms with Gasteiger partial charge in [-0.25, -0.2) is 0 Å². The number of rotatable bonds is 0. The molecule has 0 atom stereocenters. The van der Waals surface area contributed by atoms with E-state index in [1.807, 2.05) is 0 Å². The van der Waals surface area contributed by atoms with Crippen molar-refractivity contribution in [2.45, 2.75) is 0 Å². The summed E-state index contributed by atoms with van der Waals surface area (Å²) in [6.07, 6.45) is 0. The van der Waals surface area contributed by atoms with Crippen LogP contribution in [0.2, 0.25) is 0 Å². The molecular formula is C6H3Br3. The Labute approximate surface area is 83.2 Å². The lowest BCUT2D eigenvalue weighted by atomic mass is 10.4. The zero-order chi connectivity index (χ0) is 9.46. The molecule has 0 heterocycles. The monoisotopic (exact) mass is 315 g/mol. The second-order valence-corrected chi connectivity index (χ2v) is 3.70. The van der Waals surface area contributed by atoms with Crippen LogP contribution in [0.15, 0.2) is 31.5 Å². The van der Waals surface area contributed by atoms with E-state index < -0.39 is 0 Å². The first-order valence-corrected chi connectivity index (χ1v) is 4.45. The van der Waals surface area contributed by atoms with Crippen molar-refractivity contribution in [2.24, 2.45) is 0 Å². The van der Waals surface area contributed by atoms with Crippen LogP contribution < -0.4 is 0 Å². The van der Waals surface area contributed by atoms with E-state index in [9.17, 15) is 0 Å². The molecule has 0 N–H and O–H groups in total.